The smallest absolute Gasteiger partial charge is 0.124 e. The molecule has 1 aromatic heterocycles. The lowest BCUT2D eigenvalue weighted by molar-refractivity contribution is 0.113. The van der Waals surface area contributed by atoms with Crippen molar-refractivity contribution < 1.29 is 14.6 Å². The van der Waals surface area contributed by atoms with E-state index in [0.717, 1.165) is 16.5 Å². The Kier molecular flexibility index (Phi) is 4.52. The number of nitrogens with zero attached hydrogens (tertiary/aromatic N) is 1. The zero-order valence-electron chi connectivity index (χ0n) is 9.71. The van der Waals surface area contributed by atoms with Gasteiger partial charge in [-0.1, -0.05) is 6.07 Å². The van der Waals surface area contributed by atoms with Crippen LogP contribution < -0.4 is 0 Å². The van der Waals surface area contributed by atoms with Crippen LogP contribution in [0, 0.1) is 5.82 Å². The van der Waals surface area contributed by atoms with E-state index in [1.54, 1.807) is 12.3 Å². The van der Waals surface area contributed by atoms with Crippen molar-refractivity contribution in [2.45, 2.75) is 11.9 Å². The Labute approximate surface area is 109 Å². The number of pyridine rings is 1. The molecule has 0 amide bonds. The van der Waals surface area contributed by atoms with Crippen molar-refractivity contribution in [3.63, 3.8) is 0 Å². The highest BCUT2D eigenvalue weighted by Gasteiger charge is 2.07. The van der Waals surface area contributed by atoms with E-state index in [9.17, 15) is 9.50 Å². The molecular formula is C13H14FNO2S. The van der Waals surface area contributed by atoms with Gasteiger partial charge in [-0.25, -0.2) is 4.39 Å². The second kappa shape index (κ2) is 6.13. The van der Waals surface area contributed by atoms with E-state index in [1.165, 1.54) is 23.9 Å². The second-order valence-electron chi connectivity index (χ2n) is 3.99. The third-order valence-corrected chi connectivity index (χ3v) is 3.66. The Hall–Kier alpha value is -1.17. The molecule has 5 heteroatoms. The van der Waals surface area contributed by atoms with Crippen molar-refractivity contribution in [3.8, 4) is 0 Å². The fourth-order valence-corrected chi connectivity index (χ4v) is 2.63. The highest BCUT2D eigenvalue weighted by molar-refractivity contribution is 7.98. The molecule has 0 radical (unpaired) electrons. The SMILES string of the molecule is OC[C@H](O)CSCc1cc(F)cc2cccnc12. The maximum absolute atomic E-state index is 13.4. The van der Waals surface area contributed by atoms with Crippen LogP contribution in [-0.2, 0) is 5.75 Å². The molecule has 1 atom stereocenters. The molecule has 0 fully saturated rings. The molecule has 0 saturated carbocycles. The van der Waals surface area contributed by atoms with Crippen molar-refractivity contribution in [1.29, 1.82) is 0 Å². The first-order valence-electron chi connectivity index (χ1n) is 5.60. The molecule has 0 aliphatic heterocycles. The fraction of sp³-hybridized carbons (Fsp3) is 0.308. The molecule has 0 bridgehead atoms. The van der Waals surface area contributed by atoms with Gasteiger partial charge in [0.2, 0.25) is 0 Å². The summed E-state index contributed by atoms with van der Waals surface area (Å²) in [6, 6.07) is 6.52. The lowest BCUT2D eigenvalue weighted by Crippen LogP contribution is -2.14. The molecule has 0 saturated heterocycles. The van der Waals surface area contributed by atoms with Crippen LogP contribution in [-0.4, -0.2) is 33.7 Å². The van der Waals surface area contributed by atoms with Gasteiger partial charge >= 0.3 is 0 Å². The van der Waals surface area contributed by atoms with E-state index in [1.807, 2.05) is 6.07 Å². The molecule has 3 nitrogen and oxygen atoms in total. The number of rotatable bonds is 5. The summed E-state index contributed by atoms with van der Waals surface area (Å²) >= 11 is 1.45. The van der Waals surface area contributed by atoms with Crippen molar-refractivity contribution >= 4 is 22.7 Å². The van der Waals surface area contributed by atoms with E-state index in [0.29, 0.717) is 11.5 Å². The van der Waals surface area contributed by atoms with Gasteiger partial charge in [0.25, 0.3) is 0 Å². The Bertz CT molecular complexity index is 535. The molecule has 2 rings (SSSR count). The van der Waals surface area contributed by atoms with Gasteiger partial charge in [0, 0.05) is 23.1 Å². The highest BCUT2D eigenvalue weighted by atomic mass is 32.2. The van der Waals surface area contributed by atoms with Crippen LogP contribution in [0.25, 0.3) is 10.9 Å². The third-order valence-electron chi connectivity index (χ3n) is 2.53. The van der Waals surface area contributed by atoms with E-state index < -0.39 is 6.10 Å². The number of aliphatic hydroxyl groups is 2. The predicted molar refractivity (Wildman–Crippen MR) is 71.0 cm³/mol. The maximum Gasteiger partial charge on any atom is 0.124 e. The van der Waals surface area contributed by atoms with Gasteiger partial charge in [0.15, 0.2) is 0 Å². The highest BCUT2D eigenvalue weighted by Crippen LogP contribution is 2.22. The third kappa shape index (κ3) is 3.19. The number of aliphatic hydroxyl groups excluding tert-OH is 2. The molecular weight excluding hydrogens is 253 g/mol. The van der Waals surface area contributed by atoms with Crippen LogP contribution >= 0.6 is 11.8 Å². The van der Waals surface area contributed by atoms with Gasteiger partial charge in [0.05, 0.1) is 18.2 Å². The second-order valence-corrected chi connectivity index (χ2v) is 5.02. The predicted octanol–water partition coefficient (Wildman–Crippen LogP) is 1.96. The van der Waals surface area contributed by atoms with Crippen LogP contribution in [0.5, 0.6) is 0 Å². The topological polar surface area (TPSA) is 53.4 Å². The van der Waals surface area contributed by atoms with Crippen LogP contribution in [0.1, 0.15) is 5.56 Å². The monoisotopic (exact) mass is 267 g/mol. The standard InChI is InChI=1S/C13H14FNO2S/c14-11-4-9-2-1-3-15-13(9)10(5-11)7-18-8-12(17)6-16/h1-5,12,16-17H,6-8H2/t12-/m0/s1. The first-order valence-corrected chi connectivity index (χ1v) is 6.76. The number of hydrogen-bond donors (Lipinski definition) is 2. The number of halogens is 1. The molecule has 1 aromatic carbocycles. The summed E-state index contributed by atoms with van der Waals surface area (Å²) in [5, 5.41) is 18.7. The van der Waals surface area contributed by atoms with E-state index in [-0.39, 0.29) is 12.4 Å². The van der Waals surface area contributed by atoms with E-state index in [4.69, 9.17) is 5.11 Å². The van der Waals surface area contributed by atoms with Crippen LogP contribution in [0.3, 0.4) is 0 Å². The Balaban J connectivity index is 2.17. The largest absolute Gasteiger partial charge is 0.394 e. The summed E-state index contributed by atoms with van der Waals surface area (Å²) < 4.78 is 13.4. The van der Waals surface area contributed by atoms with E-state index in [2.05, 4.69) is 4.98 Å². The van der Waals surface area contributed by atoms with Gasteiger partial charge in [-0.05, 0) is 23.8 Å². The summed E-state index contributed by atoms with van der Waals surface area (Å²) in [6.45, 7) is -0.255. The molecule has 0 aliphatic rings. The van der Waals surface area contributed by atoms with Crippen LogP contribution in [0.4, 0.5) is 4.39 Å². The van der Waals surface area contributed by atoms with Crippen molar-refractivity contribution in [2.75, 3.05) is 12.4 Å². The lowest BCUT2D eigenvalue weighted by Gasteiger charge is -2.08. The summed E-state index contributed by atoms with van der Waals surface area (Å²) in [5.41, 5.74) is 1.59. The van der Waals surface area contributed by atoms with Crippen LogP contribution in [0.2, 0.25) is 0 Å². The summed E-state index contributed by atoms with van der Waals surface area (Å²) in [6.07, 6.45) is 0.944. The van der Waals surface area contributed by atoms with Crippen molar-refractivity contribution in [1.82, 2.24) is 4.98 Å². The minimum absolute atomic E-state index is 0.255. The first-order chi connectivity index (χ1) is 8.70. The normalized spacial score (nSPS) is 12.8. The molecule has 2 aromatic rings. The van der Waals surface area contributed by atoms with Gasteiger partial charge in [-0.15, -0.1) is 0 Å². The molecule has 0 aliphatic carbocycles. The molecule has 18 heavy (non-hydrogen) atoms. The number of thioether (sulfide) groups is 1. The van der Waals surface area contributed by atoms with Gasteiger partial charge in [-0.2, -0.15) is 11.8 Å². The number of benzene rings is 1. The molecule has 0 spiro atoms. The maximum atomic E-state index is 13.4. The number of fused-ring (bicyclic) bond motifs is 1. The minimum atomic E-state index is -0.734. The van der Waals surface area contributed by atoms with Crippen LogP contribution in [0.15, 0.2) is 30.5 Å². The van der Waals surface area contributed by atoms with Gasteiger partial charge < -0.3 is 10.2 Å². The first kappa shape index (κ1) is 13.3. The summed E-state index contributed by atoms with van der Waals surface area (Å²) in [5.74, 6) is 0.692. The van der Waals surface area contributed by atoms with Crippen molar-refractivity contribution in [2.24, 2.45) is 0 Å². The van der Waals surface area contributed by atoms with E-state index >= 15 is 0 Å². The zero-order valence-corrected chi connectivity index (χ0v) is 10.5. The summed E-state index contributed by atoms with van der Waals surface area (Å²) in [4.78, 5) is 4.25. The Morgan fingerprint density at radius 3 is 3.00 bits per heavy atom. The Morgan fingerprint density at radius 2 is 2.22 bits per heavy atom. The zero-order chi connectivity index (χ0) is 13.0. The van der Waals surface area contributed by atoms with Gasteiger partial charge in [-0.3, -0.25) is 4.98 Å². The Morgan fingerprint density at radius 1 is 1.39 bits per heavy atom. The minimum Gasteiger partial charge on any atom is -0.394 e. The summed E-state index contributed by atoms with van der Waals surface area (Å²) in [7, 11) is 0. The fourth-order valence-electron chi connectivity index (χ4n) is 1.70. The number of aromatic nitrogens is 1. The molecule has 0 unspecified atom stereocenters. The van der Waals surface area contributed by atoms with Crippen molar-refractivity contribution in [3.05, 3.63) is 41.8 Å². The number of hydrogen-bond acceptors (Lipinski definition) is 4. The molecule has 1 heterocycles. The quantitative estimate of drug-likeness (QED) is 0.869. The molecule has 96 valence electrons. The molecule has 2 N–H and O–H groups in total. The van der Waals surface area contributed by atoms with Gasteiger partial charge in [0.1, 0.15) is 5.82 Å². The average Bonchev–Trinajstić information content (AvgIpc) is 2.38. The lowest BCUT2D eigenvalue weighted by atomic mass is 10.1. The average molecular weight is 267 g/mol.